The Morgan fingerprint density at radius 3 is 2.55 bits per heavy atom. The van der Waals surface area contributed by atoms with E-state index in [1.165, 1.54) is 16.0 Å². The minimum Gasteiger partial charge on any atom is -0.349 e. The first-order valence-electron chi connectivity index (χ1n) is 7.38. The molecule has 2 N–H and O–H groups in total. The lowest BCUT2D eigenvalue weighted by molar-refractivity contribution is -0.136. The molecule has 6 heteroatoms. The summed E-state index contributed by atoms with van der Waals surface area (Å²) in [7, 11) is 3.29. The molecule has 0 spiro atoms. The van der Waals surface area contributed by atoms with Crippen LogP contribution in [0.2, 0.25) is 0 Å². The molecule has 1 aliphatic carbocycles. The normalized spacial score (nSPS) is 12.5. The third-order valence-electron chi connectivity index (χ3n) is 3.69. The Labute approximate surface area is 129 Å². The molecule has 3 amide bonds. The van der Waals surface area contributed by atoms with Crippen molar-refractivity contribution in [3.8, 4) is 0 Å². The van der Waals surface area contributed by atoms with Crippen LogP contribution in [0.4, 0.5) is 5.69 Å². The van der Waals surface area contributed by atoms with Crippen molar-refractivity contribution in [2.24, 2.45) is 0 Å². The van der Waals surface area contributed by atoms with Crippen molar-refractivity contribution < 1.29 is 14.4 Å². The van der Waals surface area contributed by atoms with Crippen LogP contribution in [0.5, 0.6) is 0 Å². The number of aryl methyl sites for hydroxylation is 2. The Morgan fingerprint density at radius 1 is 1.09 bits per heavy atom. The molecule has 0 unspecified atom stereocenters. The van der Waals surface area contributed by atoms with Crippen molar-refractivity contribution in [1.29, 1.82) is 0 Å². The van der Waals surface area contributed by atoms with Crippen molar-refractivity contribution in [3.63, 3.8) is 0 Å². The summed E-state index contributed by atoms with van der Waals surface area (Å²) in [5, 5.41) is 5.03. The summed E-state index contributed by atoms with van der Waals surface area (Å²) in [6.07, 6.45) is 3.39. The summed E-state index contributed by atoms with van der Waals surface area (Å²) in [6, 6.07) is 5.72. The quantitative estimate of drug-likeness (QED) is 0.804. The van der Waals surface area contributed by atoms with Crippen molar-refractivity contribution in [2.45, 2.75) is 25.7 Å². The highest BCUT2D eigenvalue weighted by molar-refractivity contribution is 6.39. The van der Waals surface area contributed by atoms with E-state index in [1.807, 2.05) is 18.2 Å². The second-order valence-corrected chi connectivity index (χ2v) is 5.59. The first-order chi connectivity index (χ1) is 10.5. The summed E-state index contributed by atoms with van der Waals surface area (Å²) < 4.78 is 0. The summed E-state index contributed by atoms with van der Waals surface area (Å²) >= 11 is 0. The molecule has 0 saturated heterocycles. The molecule has 6 nitrogen and oxygen atoms in total. The largest absolute Gasteiger partial charge is 0.349 e. The lowest BCUT2D eigenvalue weighted by atomic mass is 10.1. The van der Waals surface area contributed by atoms with Crippen LogP contribution in [-0.4, -0.2) is 43.3 Å². The van der Waals surface area contributed by atoms with E-state index in [0.717, 1.165) is 19.3 Å². The molecule has 22 heavy (non-hydrogen) atoms. The molecule has 118 valence electrons. The molecular formula is C16H21N3O3. The van der Waals surface area contributed by atoms with Crippen LogP contribution >= 0.6 is 0 Å². The maximum atomic E-state index is 11.8. The predicted octanol–water partition coefficient (Wildman–Crippen LogP) is 0.708. The van der Waals surface area contributed by atoms with Gasteiger partial charge in [-0.15, -0.1) is 0 Å². The third kappa shape index (κ3) is 4.07. The Hall–Kier alpha value is -2.37. The lowest BCUT2D eigenvalue weighted by Gasteiger charge is -2.11. The van der Waals surface area contributed by atoms with Crippen molar-refractivity contribution in [3.05, 3.63) is 29.3 Å². The van der Waals surface area contributed by atoms with Gasteiger partial charge >= 0.3 is 11.8 Å². The van der Waals surface area contributed by atoms with E-state index in [2.05, 4.69) is 10.6 Å². The van der Waals surface area contributed by atoms with Crippen molar-refractivity contribution in [1.82, 2.24) is 10.2 Å². The standard InChI is InChI=1S/C16H21N3O3/c1-19(2)14(20)8-9-17-15(21)16(22)18-13-7-6-11-4-3-5-12(11)10-13/h6-7,10H,3-5,8-9H2,1-2H3,(H,17,21)(H,18,22). The van der Waals surface area contributed by atoms with Gasteiger partial charge < -0.3 is 15.5 Å². The number of nitrogens with one attached hydrogen (secondary N) is 2. The molecule has 1 aromatic rings. The van der Waals surface area contributed by atoms with Gasteiger partial charge in [0.15, 0.2) is 0 Å². The minimum absolute atomic E-state index is 0.0978. The monoisotopic (exact) mass is 303 g/mol. The van der Waals surface area contributed by atoms with Gasteiger partial charge in [0, 0.05) is 32.7 Å². The molecule has 2 rings (SSSR count). The van der Waals surface area contributed by atoms with Gasteiger partial charge in [0.2, 0.25) is 5.91 Å². The summed E-state index contributed by atoms with van der Waals surface area (Å²) in [4.78, 5) is 36.3. The van der Waals surface area contributed by atoms with Crippen LogP contribution < -0.4 is 10.6 Å². The number of hydrogen-bond donors (Lipinski definition) is 2. The smallest absolute Gasteiger partial charge is 0.313 e. The molecule has 0 aromatic heterocycles. The predicted molar refractivity (Wildman–Crippen MR) is 83.4 cm³/mol. The highest BCUT2D eigenvalue weighted by atomic mass is 16.2. The van der Waals surface area contributed by atoms with Gasteiger partial charge in [0.25, 0.3) is 0 Å². The van der Waals surface area contributed by atoms with Gasteiger partial charge in [-0.25, -0.2) is 0 Å². The molecule has 0 heterocycles. The zero-order valence-electron chi connectivity index (χ0n) is 12.9. The van der Waals surface area contributed by atoms with Gasteiger partial charge in [-0.1, -0.05) is 6.07 Å². The fraction of sp³-hybridized carbons (Fsp3) is 0.438. The Balaban J connectivity index is 1.81. The number of fused-ring (bicyclic) bond motifs is 1. The highest BCUT2D eigenvalue weighted by Gasteiger charge is 2.16. The van der Waals surface area contributed by atoms with E-state index < -0.39 is 11.8 Å². The van der Waals surface area contributed by atoms with Crippen LogP contribution in [0, 0.1) is 0 Å². The Kier molecular flexibility index (Phi) is 5.14. The van der Waals surface area contributed by atoms with E-state index in [1.54, 1.807) is 14.1 Å². The van der Waals surface area contributed by atoms with Crippen molar-refractivity contribution in [2.75, 3.05) is 26.0 Å². The van der Waals surface area contributed by atoms with Crippen LogP contribution in [-0.2, 0) is 27.2 Å². The number of rotatable bonds is 4. The van der Waals surface area contributed by atoms with Crippen LogP contribution in [0.25, 0.3) is 0 Å². The number of anilines is 1. The molecule has 0 bridgehead atoms. The zero-order valence-corrected chi connectivity index (χ0v) is 12.9. The molecule has 1 aromatic carbocycles. The molecule has 0 fully saturated rings. The average molecular weight is 303 g/mol. The van der Waals surface area contributed by atoms with Crippen LogP contribution in [0.15, 0.2) is 18.2 Å². The highest BCUT2D eigenvalue weighted by Crippen LogP contribution is 2.24. The fourth-order valence-electron chi connectivity index (χ4n) is 2.42. The molecule has 0 saturated carbocycles. The topological polar surface area (TPSA) is 78.5 Å². The fourth-order valence-corrected chi connectivity index (χ4v) is 2.42. The second kappa shape index (κ2) is 7.06. The molecule has 1 aliphatic rings. The van der Waals surface area contributed by atoms with Crippen LogP contribution in [0.1, 0.15) is 24.0 Å². The van der Waals surface area contributed by atoms with E-state index in [-0.39, 0.29) is 18.9 Å². The van der Waals surface area contributed by atoms with E-state index in [9.17, 15) is 14.4 Å². The van der Waals surface area contributed by atoms with Crippen LogP contribution in [0.3, 0.4) is 0 Å². The van der Waals surface area contributed by atoms with Gasteiger partial charge in [-0.05, 0) is 42.5 Å². The summed E-state index contributed by atoms with van der Waals surface area (Å²) in [5.41, 5.74) is 3.17. The van der Waals surface area contributed by atoms with Crippen molar-refractivity contribution >= 4 is 23.4 Å². The summed E-state index contributed by atoms with van der Waals surface area (Å²) in [5.74, 6) is -1.54. The molecule has 0 atom stereocenters. The summed E-state index contributed by atoms with van der Waals surface area (Å²) in [6.45, 7) is 0.146. The molecular weight excluding hydrogens is 282 g/mol. The van der Waals surface area contributed by atoms with Gasteiger partial charge in [-0.3, -0.25) is 14.4 Å². The van der Waals surface area contributed by atoms with Gasteiger partial charge in [0.05, 0.1) is 0 Å². The van der Waals surface area contributed by atoms with Gasteiger partial charge in [-0.2, -0.15) is 0 Å². The first-order valence-corrected chi connectivity index (χ1v) is 7.38. The average Bonchev–Trinajstić information content (AvgIpc) is 2.94. The van der Waals surface area contributed by atoms with E-state index in [0.29, 0.717) is 5.69 Å². The number of benzene rings is 1. The Morgan fingerprint density at radius 2 is 1.82 bits per heavy atom. The third-order valence-corrected chi connectivity index (χ3v) is 3.69. The molecule has 0 radical (unpaired) electrons. The SMILES string of the molecule is CN(C)C(=O)CCNC(=O)C(=O)Nc1ccc2c(c1)CCC2. The van der Waals surface area contributed by atoms with E-state index >= 15 is 0 Å². The molecule has 0 aliphatic heterocycles. The maximum Gasteiger partial charge on any atom is 0.313 e. The number of carbonyl (C=O) groups excluding carboxylic acids is 3. The number of nitrogens with zero attached hydrogens (tertiary/aromatic N) is 1. The first kappa shape index (κ1) is 16.0. The zero-order chi connectivity index (χ0) is 16.1. The lowest BCUT2D eigenvalue weighted by Crippen LogP contribution is -2.37. The maximum absolute atomic E-state index is 11.8. The van der Waals surface area contributed by atoms with E-state index in [4.69, 9.17) is 0 Å². The number of amides is 3. The van der Waals surface area contributed by atoms with Gasteiger partial charge in [0.1, 0.15) is 0 Å². The minimum atomic E-state index is -0.730. The number of carbonyl (C=O) groups is 3. The Bertz CT molecular complexity index is 596. The second-order valence-electron chi connectivity index (χ2n) is 5.59. The number of hydrogen-bond acceptors (Lipinski definition) is 3.